The summed E-state index contributed by atoms with van der Waals surface area (Å²) in [5.74, 6) is -1.69. The zero-order valence-electron chi connectivity index (χ0n) is 18.0. The molecular formula is C22H14Cl2F3N3O5S. The van der Waals surface area contributed by atoms with Gasteiger partial charge in [-0.1, -0.05) is 47.1 Å². The maximum atomic E-state index is 13.0. The smallest absolute Gasteiger partial charge is 0.416 e. The number of alkyl halides is 3. The highest BCUT2D eigenvalue weighted by atomic mass is 35.5. The first-order valence-electron chi connectivity index (χ1n) is 9.82. The SMILES string of the molecule is CC(OC(=O)c1ccccc1Sc1ccc(C(F)(F)F)cc1[N+](=O)[O-])C(=O)Nc1ncc(Cl)cc1Cl. The van der Waals surface area contributed by atoms with Gasteiger partial charge < -0.3 is 10.1 Å². The number of nitrogens with zero attached hydrogens (tertiary/aromatic N) is 2. The monoisotopic (exact) mass is 559 g/mol. The summed E-state index contributed by atoms with van der Waals surface area (Å²) in [6.45, 7) is 1.30. The highest BCUT2D eigenvalue weighted by Crippen LogP contribution is 2.40. The van der Waals surface area contributed by atoms with E-state index in [4.69, 9.17) is 27.9 Å². The van der Waals surface area contributed by atoms with Crippen molar-refractivity contribution in [1.29, 1.82) is 0 Å². The topological polar surface area (TPSA) is 111 Å². The molecule has 0 fully saturated rings. The normalized spacial score (nSPS) is 12.1. The molecule has 188 valence electrons. The first-order valence-corrected chi connectivity index (χ1v) is 11.4. The van der Waals surface area contributed by atoms with Gasteiger partial charge >= 0.3 is 12.1 Å². The highest BCUT2D eigenvalue weighted by molar-refractivity contribution is 7.99. The number of anilines is 1. The lowest BCUT2D eigenvalue weighted by molar-refractivity contribution is -0.388. The highest BCUT2D eigenvalue weighted by Gasteiger charge is 2.33. The zero-order valence-corrected chi connectivity index (χ0v) is 20.3. The number of aromatic nitrogens is 1. The van der Waals surface area contributed by atoms with Crippen LogP contribution in [0.2, 0.25) is 10.0 Å². The second-order valence-electron chi connectivity index (χ2n) is 7.06. The number of carbonyl (C=O) groups is 2. The maximum Gasteiger partial charge on any atom is 0.416 e. The number of pyridine rings is 1. The summed E-state index contributed by atoms with van der Waals surface area (Å²) in [6, 6.07) is 9.24. The largest absolute Gasteiger partial charge is 0.449 e. The van der Waals surface area contributed by atoms with Gasteiger partial charge in [0.1, 0.15) is 0 Å². The van der Waals surface area contributed by atoms with E-state index in [1.54, 1.807) is 0 Å². The van der Waals surface area contributed by atoms with Crippen molar-refractivity contribution < 1.29 is 32.4 Å². The van der Waals surface area contributed by atoms with Crippen molar-refractivity contribution in [3.8, 4) is 0 Å². The quantitative estimate of drug-likeness (QED) is 0.196. The molecule has 0 spiro atoms. The van der Waals surface area contributed by atoms with Crippen LogP contribution in [0.1, 0.15) is 22.8 Å². The number of carbonyl (C=O) groups excluding carboxylic acids is 2. The Morgan fingerprint density at radius 1 is 1.14 bits per heavy atom. The molecule has 0 aliphatic rings. The first kappa shape index (κ1) is 27.2. The molecule has 8 nitrogen and oxygen atoms in total. The Balaban J connectivity index is 1.80. The van der Waals surface area contributed by atoms with Crippen molar-refractivity contribution >= 4 is 58.3 Å². The van der Waals surface area contributed by atoms with Crippen molar-refractivity contribution in [2.24, 2.45) is 0 Å². The number of hydrogen-bond donors (Lipinski definition) is 1. The van der Waals surface area contributed by atoms with E-state index in [1.165, 1.54) is 43.5 Å². The van der Waals surface area contributed by atoms with Crippen molar-refractivity contribution in [1.82, 2.24) is 4.98 Å². The van der Waals surface area contributed by atoms with Crippen LogP contribution >= 0.6 is 35.0 Å². The molecule has 1 amide bonds. The molecule has 0 aliphatic heterocycles. The fraction of sp³-hybridized carbons (Fsp3) is 0.136. The van der Waals surface area contributed by atoms with E-state index in [-0.39, 0.29) is 31.2 Å². The molecular weight excluding hydrogens is 546 g/mol. The van der Waals surface area contributed by atoms with E-state index in [2.05, 4.69) is 10.3 Å². The molecule has 36 heavy (non-hydrogen) atoms. The lowest BCUT2D eigenvalue weighted by Gasteiger charge is -2.15. The summed E-state index contributed by atoms with van der Waals surface area (Å²) in [5.41, 5.74) is -2.02. The summed E-state index contributed by atoms with van der Waals surface area (Å²) in [5, 5.41) is 14.1. The Hall–Kier alpha value is -3.35. The van der Waals surface area contributed by atoms with Gasteiger partial charge in [0.2, 0.25) is 0 Å². The fourth-order valence-electron chi connectivity index (χ4n) is 2.77. The Bertz CT molecular complexity index is 1340. The van der Waals surface area contributed by atoms with Crippen LogP contribution in [0.3, 0.4) is 0 Å². The van der Waals surface area contributed by atoms with Crippen LogP contribution in [0.25, 0.3) is 0 Å². The molecule has 3 rings (SSSR count). The molecule has 14 heteroatoms. The average Bonchev–Trinajstić information content (AvgIpc) is 2.80. The number of esters is 1. The molecule has 1 N–H and O–H groups in total. The molecule has 0 saturated heterocycles. The number of nitrogens with one attached hydrogen (secondary N) is 1. The van der Waals surface area contributed by atoms with Gasteiger partial charge in [-0.25, -0.2) is 9.78 Å². The second-order valence-corrected chi connectivity index (χ2v) is 8.98. The van der Waals surface area contributed by atoms with E-state index in [9.17, 15) is 32.9 Å². The van der Waals surface area contributed by atoms with Crippen LogP contribution in [0.4, 0.5) is 24.7 Å². The predicted molar refractivity (Wildman–Crippen MR) is 126 cm³/mol. The van der Waals surface area contributed by atoms with E-state index in [1.807, 2.05) is 0 Å². The van der Waals surface area contributed by atoms with Gasteiger partial charge in [-0.3, -0.25) is 14.9 Å². The van der Waals surface area contributed by atoms with Crippen LogP contribution in [0.15, 0.2) is 64.5 Å². The molecule has 1 unspecified atom stereocenters. The van der Waals surface area contributed by atoms with Gasteiger partial charge in [-0.2, -0.15) is 13.2 Å². The Labute approximate surface area is 215 Å². The van der Waals surface area contributed by atoms with E-state index in [0.717, 1.165) is 6.07 Å². The van der Waals surface area contributed by atoms with Crippen molar-refractivity contribution in [2.45, 2.75) is 29.0 Å². The Morgan fingerprint density at radius 2 is 1.83 bits per heavy atom. The van der Waals surface area contributed by atoms with Crippen molar-refractivity contribution in [3.05, 3.63) is 86.0 Å². The number of ether oxygens (including phenoxy) is 1. The minimum atomic E-state index is -4.77. The molecule has 3 aromatic rings. The van der Waals surface area contributed by atoms with Crippen molar-refractivity contribution in [2.75, 3.05) is 5.32 Å². The number of amides is 1. The molecule has 0 bridgehead atoms. The van der Waals surface area contributed by atoms with E-state index >= 15 is 0 Å². The van der Waals surface area contributed by atoms with Crippen LogP contribution in [-0.2, 0) is 15.7 Å². The minimum absolute atomic E-state index is 0.000431. The average molecular weight is 560 g/mol. The van der Waals surface area contributed by atoms with Gasteiger partial charge in [0.25, 0.3) is 11.6 Å². The predicted octanol–water partition coefficient (Wildman–Crippen LogP) is 6.65. The molecule has 2 aromatic carbocycles. The number of nitro benzene ring substituents is 1. The molecule has 0 saturated carbocycles. The third-order valence-corrected chi connectivity index (χ3v) is 6.15. The van der Waals surface area contributed by atoms with Crippen molar-refractivity contribution in [3.63, 3.8) is 0 Å². The van der Waals surface area contributed by atoms with E-state index < -0.39 is 40.3 Å². The standard InChI is InChI=1S/C22H14Cl2F3N3O5S/c1-11(20(31)29-19-15(24)9-13(23)10-28-19)35-21(32)14-4-2-3-5-17(14)36-18-7-6-12(22(25,26)27)8-16(18)30(33)34/h2-11H,1H3,(H,28,29,31). The number of benzene rings is 2. The molecule has 1 aromatic heterocycles. The number of rotatable bonds is 7. The van der Waals surface area contributed by atoms with Gasteiger partial charge in [0.15, 0.2) is 11.9 Å². The summed E-state index contributed by atoms with van der Waals surface area (Å²) < 4.78 is 44.2. The number of hydrogen-bond acceptors (Lipinski definition) is 7. The van der Waals surface area contributed by atoms with E-state index in [0.29, 0.717) is 23.9 Å². The summed E-state index contributed by atoms with van der Waals surface area (Å²) in [4.78, 5) is 39.6. The summed E-state index contributed by atoms with van der Waals surface area (Å²) in [7, 11) is 0. The maximum absolute atomic E-state index is 13.0. The van der Waals surface area contributed by atoms with Gasteiger partial charge in [0, 0.05) is 17.2 Å². The zero-order chi connectivity index (χ0) is 26.6. The third-order valence-electron chi connectivity index (χ3n) is 4.51. The lowest BCUT2D eigenvalue weighted by atomic mass is 10.2. The van der Waals surface area contributed by atoms with Gasteiger partial charge in [-0.05, 0) is 37.3 Å². The van der Waals surface area contributed by atoms with Crippen LogP contribution in [0.5, 0.6) is 0 Å². The van der Waals surface area contributed by atoms with Crippen LogP contribution < -0.4 is 5.32 Å². The Kier molecular flexibility index (Phi) is 8.43. The molecule has 1 atom stereocenters. The number of halogens is 5. The van der Waals surface area contributed by atoms with Crippen LogP contribution in [-0.4, -0.2) is 27.9 Å². The number of nitro groups is 1. The molecule has 0 radical (unpaired) electrons. The molecule has 1 heterocycles. The summed E-state index contributed by atoms with van der Waals surface area (Å²) in [6.07, 6.45) is -4.81. The minimum Gasteiger partial charge on any atom is -0.449 e. The fourth-order valence-corrected chi connectivity index (χ4v) is 4.21. The first-order chi connectivity index (χ1) is 16.9. The lowest BCUT2D eigenvalue weighted by Crippen LogP contribution is -2.30. The van der Waals surface area contributed by atoms with Crippen LogP contribution in [0, 0.1) is 10.1 Å². The molecule has 0 aliphatic carbocycles. The summed E-state index contributed by atoms with van der Waals surface area (Å²) >= 11 is 12.4. The van der Waals surface area contributed by atoms with Gasteiger partial charge in [0.05, 0.1) is 31.0 Å². The third kappa shape index (κ3) is 6.65. The Morgan fingerprint density at radius 3 is 2.47 bits per heavy atom. The second kappa shape index (κ2) is 11.1. The van der Waals surface area contributed by atoms with Gasteiger partial charge in [-0.15, -0.1) is 0 Å².